The molecule has 35 heavy (non-hydrogen) atoms. The second-order valence-electron chi connectivity index (χ2n) is 11.8. The zero-order chi connectivity index (χ0) is 27.0. The maximum atomic E-state index is 13.1. The van der Waals surface area contributed by atoms with Crippen molar-refractivity contribution in [2.75, 3.05) is 6.54 Å². The topological polar surface area (TPSA) is 134 Å². The number of carbonyl (C=O) groups excluding carboxylic acids is 3. The predicted octanol–water partition coefficient (Wildman–Crippen LogP) is 2.14. The number of hydrogen-bond acceptors (Lipinski definition) is 5. The van der Waals surface area contributed by atoms with E-state index in [1.54, 1.807) is 0 Å². The first kappa shape index (κ1) is 30.6. The van der Waals surface area contributed by atoms with Gasteiger partial charge < -0.3 is 26.8 Å². The number of hydrogen-bond donors (Lipinski definition) is 5. The molecule has 0 bridgehead atoms. The Labute approximate surface area is 210 Å². The zero-order valence-corrected chi connectivity index (χ0v) is 22.6. The number of benzene rings is 1. The summed E-state index contributed by atoms with van der Waals surface area (Å²) in [5, 5.41) is 19.5. The average Bonchev–Trinajstić information content (AvgIpc) is 2.73. The van der Waals surface area contributed by atoms with Crippen molar-refractivity contribution in [3.63, 3.8) is 0 Å². The van der Waals surface area contributed by atoms with Crippen LogP contribution in [-0.2, 0) is 20.8 Å². The van der Waals surface area contributed by atoms with Crippen LogP contribution < -0.4 is 21.7 Å². The number of rotatable bonds is 11. The van der Waals surface area contributed by atoms with Crippen LogP contribution in [0.25, 0.3) is 0 Å². The molecule has 0 radical (unpaired) electrons. The smallest absolute Gasteiger partial charge is 0.237 e. The van der Waals surface area contributed by atoms with Gasteiger partial charge in [0.2, 0.25) is 17.7 Å². The van der Waals surface area contributed by atoms with Crippen molar-refractivity contribution >= 4 is 17.7 Å². The minimum atomic E-state index is -1.05. The molecule has 0 fully saturated rings. The Hall–Kier alpha value is -2.45. The number of aliphatic hydroxyl groups excluding tert-OH is 1. The molecule has 0 aromatic heterocycles. The normalized spacial score (nSPS) is 15.6. The Bertz CT molecular complexity index is 828. The Morgan fingerprint density at radius 3 is 2.03 bits per heavy atom. The van der Waals surface area contributed by atoms with Crippen LogP contribution in [0.15, 0.2) is 30.3 Å². The molecule has 0 aliphatic rings. The van der Waals surface area contributed by atoms with E-state index in [9.17, 15) is 19.5 Å². The maximum Gasteiger partial charge on any atom is 0.237 e. The molecule has 0 saturated heterocycles. The SMILES string of the molecule is CC(C)[C@H](N)C(=O)N[C@@H](Cc1ccccc1)[C@H](O)CNC(=O)[C@H](CC(=O)NC(C)(C)C)C(C)(C)C. The molecule has 3 amide bonds. The van der Waals surface area contributed by atoms with Crippen molar-refractivity contribution in [2.45, 2.75) is 92.0 Å². The zero-order valence-electron chi connectivity index (χ0n) is 22.6. The van der Waals surface area contributed by atoms with Crippen LogP contribution in [-0.4, -0.2) is 53.1 Å². The van der Waals surface area contributed by atoms with E-state index >= 15 is 0 Å². The van der Waals surface area contributed by atoms with E-state index in [0.29, 0.717) is 6.42 Å². The first-order chi connectivity index (χ1) is 16.0. The molecular formula is C27H46N4O4. The lowest BCUT2D eigenvalue weighted by atomic mass is 9.77. The molecule has 1 rings (SSSR count). The third-order valence-electron chi connectivity index (χ3n) is 5.86. The molecule has 0 aliphatic heterocycles. The van der Waals surface area contributed by atoms with Crippen LogP contribution in [0.5, 0.6) is 0 Å². The van der Waals surface area contributed by atoms with E-state index in [1.165, 1.54) is 0 Å². The molecule has 0 spiro atoms. The van der Waals surface area contributed by atoms with Crippen LogP contribution in [0.3, 0.4) is 0 Å². The summed E-state index contributed by atoms with van der Waals surface area (Å²) in [5.74, 6) is -1.52. The van der Waals surface area contributed by atoms with Gasteiger partial charge in [0.25, 0.3) is 0 Å². The highest BCUT2D eigenvalue weighted by atomic mass is 16.3. The van der Waals surface area contributed by atoms with Gasteiger partial charge in [0.05, 0.1) is 24.1 Å². The lowest BCUT2D eigenvalue weighted by molar-refractivity contribution is -0.134. The molecule has 1 aromatic carbocycles. The average molecular weight is 491 g/mol. The van der Waals surface area contributed by atoms with Crippen LogP contribution >= 0.6 is 0 Å². The second kappa shape index (κ2) is 13.0. The lowest BCUT2D eigenvalue weighted by Gasteiger charge is -2.32. The highest BCUT2D eigenvalue weighted by Crippen LogP contribution is 2.29. The summed E-state index contributed by atoms with van der Waals surface area (Å²) in [6.07, 6.45) is -0.632. The first-order valence-electron chi connectivity index (χ1n) is 12.4. The molecule has 8 nitrogen and oxygen atoms in total. The Balaban J connectivity index is 2.93. The van der Waals surface area contributed by atoms with Crippen LogP contribution in [0, 0.1) is 17.3 Å². The largest absolute Gasteiger partial charge is 0.389 e. The molecule has 1 aromatic rings. The summed E-state index contributed by atoms with van der Waals surface area (Å²) in [7, 11) is 0. The number of nitrogens with two attached hydrogens (primary N) is 1. The van der Waals surface area contributed by atoms with Crippen LogP contribution in [0.2, 0.25) is 0 Å². The van der Waals surface area contributed by atoms with Gasteiger partial charge in [-0.1, -0.05) is 65.0 Å². The van der Waals surface area contributed by atoms with Crippen molar-refractivity contribution in [1.82, 2.24) is 16.0 Å². The quantitative estimate of drug-likeness (QED) is 0.324. The number of carbonyl (C=O) groups is 3. The summed E-state index contributed by atoms with van der Waals surface area (Å²) in [5.41, 5.74) is 6.07. The van der Waals surface area contributed by atoms with Crippen molar-refractivity contribution in [3.8, 4) is 0 Å². The summed E-state index contributed by atoms with van der Waals surface area (Å²) in [4.78, 5) is 38.2. The fraction of sp³-hybridized carbons (Fsp3) is 0.667. The predicted molar refractivity (Wildman–Crippen MR) is 139 cm³/mol. The molecule has 8 heteroatoms. The van der Waals surface area contributed by atoms with Crippen LogP contribution in [0.4, 0.5) is 0 Å². The summed E-state index contributed by atoms with van der Waals surface area (Å²) in [6.45, 7) is 15.0. The van der Waals surface area contributed by atoms with Crippen LogP contribution in [0.1, 0.15) is 67.4 Å². The highest BCUT2D eigenvalue weighted by Gasteiger charge is 2.35. The van der Waals surface area contributed by atoms with E-state index in [4.69, 9.17) is 5.73 Å². The van der Waals surface area contributed by atoms with Crippen molar-refractivity contribution in [3.05, 3.63) is 35.9 Å². The minimum Gasteiger partial charge on any atom is -0.389 e. The highest BCUT2D eigenvalue weighted by molar-refractivity contribution is 5.86. The molecule has 4 atom stereocenters. The van der Waals surface area contributed by atoms with Gasteiger partial charge in [0, 0.05) is 18.5 Å². The second-order valence-corrected chi connectivity index (χ2v) is 11.8. The molecule has 6 N–H and O–H groups in total. The first-order valence-corrected chi connectivity index (χ1v) is 12.4. The fourth-order valence-electron chi connectivity index (χ4n) is 3.65. The summed E-state index contributed by atoms with van der Waals surface area (Å²) >= 11 is 0. The number of amides is 3. The molecule has 0 heterocycles. The van der Waals surface area contributed by atoms with Gasteiger partial charge in [0.1, 0.15) is 0 Å². The van der Waals surface area contributed by atoms with E-state index < -0.39 is 35.1 Å². The van der Waals surface area contributed by atoms with E-state index in [0.717, 1.165) is 5.56 Å². The van der Waals surface area contributed by atoms with Gasteiger partial charge in [-0.05, 0) is 44.1 Å². The fourth-order valence-corrected chi connectivity index (χ4v) is 3.65. The number of nitrogens with one attached hydrogen (secondary N) is 3. The van der Waals surface area contributed by atoms with Gasteiger partial charge in [0.15, 0.2) is 0 Å². The molecule has 0 saturated carbocycles. The third-order valence-corrected chi connectivity index (χ3v) is 5.86. The summed E-state index contributed by atoms with van der Waals surface area (Å²) < 4.78 is 0. The van der Waals surface area contributed by atoms with Crippen molar-refractivity contribution in [1.29, 1.82) is 0 Å². The molecule has 198 valence electrons. The monoisotopic (exact) mass is 490 g/mol. The van der Waals surface area contributed by atoms with Gasteiger partial charge in [-0.15, -0.1) is 0 Å². The van der Waals surface area contributed by atoms with Crippen molar-refractivity contribution < 1.29 is 19.5 Å². The minimum absolute atomic E-state index is 0.0378. The summed E-state index contributed by atoms with van der Waals surface area (Å²) in [6, 6.07) is 8.14. The maximum absolute atomic E-state index is 13.1. The molecular weight excluding hydrogens is 444 g/mol. The number of aliphatic hydroxyl groups is 1. The Kier molecular flexibility index (Phi) is 11.4. The Morgan fingerprint density at radius 1 is 0.971 bits per heavy atom. The van der Waals surface area contributed by atoms with Gasteiger partial charge in [-0.3, -0.25) is 14.4 Å². The molecule has 0 aliphatic carbocycles. The van der Waals surface area contributed by atoms with Crippen molar-refractivity contribution in [2.24, 2.45) is 23.0 Å². The van der Waals surface area contributed by atoms with E-state index in [1.807, 2.05) is 85.7 Å². The third kappa shape index (κ3) is 11.2. The van der Waals surface area contributed by atoms with Gasteiger partial charge in [-0.25, -0.2) is 0 Å². The van der Waals surface area contributed by atoms with E-state index in [-0.39, 0.29) is 36.6 Å². The molecule has 0 unspecified atom stereocenters. The lowest BCUT2D eigenvalue weighted by Crippen LogP contribution is -2.55. The van der Waals surface area contributed by atoms with Gasteiger partial charge in [-0.2, -0.15) is 0 Å². The van der Waals surface area contributed by atoms with E-state index in [2.05, 4.69) is 16.0 Å². The Morgan fingerprint density at radius 2 is 1.54 bits per heavy atom. The van der Waals surface area contributed by atoms with Gasteiger partial charge >= 0.3 is 0 Å². The standard InChI is InChI=1S/C27H46N4O4/c1-17(2)23(28)25(35)30-20(14-18-12-10-9-11-13-18)21(32)16-29-24(34)19(26(3,4)5)15-22(33)31-27(6,7)8/h9-13,17,19-21,23,32H,14-16,28H2,1-8H3,(H,29,34)(H,30,35)(H,31,33)/t19-,20-,21+,23-/m0/s1.